The van der Waals surface area contributed by atoms with Crippen LogP contribution in [0, 0.1) is 6.92 Å². The minimum Gasteiger partial charge on any atom is -0.378 e. The zero-order chi connectivity index (χ0) is 16.7. The van der Waals surface area contributed by atoms with E-state index in [0.29, 0.717) is 0 Å². The summed E-state index contributed by atoms with van der Waals surface area (Å²) in [5.74, 6) is 0. The summed E-state index contributed by atoms with van der Waals surface area (Å²) in [5, 5.41) is 0. The SMILES string of the molecule is Cc1ccc(/C=C2\c3ccccc3-c3ccc(N(C)C)cc32)cc1. The van der Waals surface area contributed by atoms with Crippen molar-refractivity contribution < 1.29 is 0 Å². The van der Waals surface area contributed by atoms with Gasteiger partial charge in [-0.2, -0.15) is 0 Å². The molecule has 1 aliphatic carbocycles. The van der Waals surface area contributed by atoms with Gasteiger partial charge in [-0.3, -0.25) is 0 Å². The van der Waals surface area contributed by atoms with Crippen LogP contribution in [-0.2, 0) is 0 Å². The lowest BCUT2D eigenvalue weighted by atomic mass is 10.00. The Morgan fingerprint density at radius 3 is 2.08 bits per heavy atom. The van der Waals surface area contributed by atoms with E-state index in [4.69, 9.17) is 0 Å². The highest BCUT2D eigenvalue weighted by Gasteiger charge is 2.23. The molecular formula is C23H21N. The van der Waals surface area contributed by atoms with Crippen LogP contribution in [-0.4, -0.2) is 14.1 Å². The first-order valence-electron chi connectivity index (χ1n) is 8.33. The largest absolute Gasteiger partial charge is 0.378 e. The third kappa shape index (κ3) is 2.43. The van der Waals surface area contributed by atoms with Crippen molar-refractivity contribution in [2.24, 2.45) is 0 Å². The Bertz CT molecular complexity index is 931. The van der Waals surface area contributed by atoms with Crippen molar-refractivity contribution in [1.29, 1.82) is 0 Å². The molecule has 24 heavy (non-hydrogen) atoms. The lowest BCUT2D eigenvalue weighted by molar-refractivity contribution is 1.13. The molecule has 0 bridgehead atoms. The fourth-order valence-electron chi connectivity index (χ4n) is 3.35. The Balaban J connectivity index is 1.93. The average molecular weight is 311 g/mol. The maximum atomic E-state index is 2.31. The van der Waals surface area contributed by atoms with Crippen LogP contribution in [0.3, 0.4) is 0 Å². The van der Waals surface area contributed by atoms with E-state index in [0.717, 1.165) is 0 Å². The molecule has 0 N–H and O–H groups in total. The van der Waals surface area contributed by atoms with E-state index in [1.54, 1.807) is 0 Å². The van der Waals surface area contributed by atoms with Gasteiger partial charge in [-0.15, -0.1) is 0 Å². The lowest BCUT2D eigenvalue weighted by Gasteiger charge is -2.14. The fourth-order valence-corrected chi connectivity index (χ4v) is 3.35. The summed E-state index contributed by atoms with van der Waals surface area (Å²) in [6.07, 6.45) is 2.31. The molecule has 0 saturated carbocycles. The first-order chi connectivity index (χ1) is 11.6. The maximum absolute atomic E-state index is 2.31. The number of hydrogen-bond donors (Lipinski definition) is 0. The molecule has 0 amide bonds. The summed E-state index contributed by atoms with van der Waals surface area (Å²) in [5.41, 5.74) is 10.4. The van der Waals surface area contributed by atoms with Gasteiger partial charge < -0.3 is 4.90 Å². The van der Waals surface area contributed by atoms with Crippen molar-refractivity contribution >= 4 is 17.3 Å². The van der Waals surface area contributed by atoms with Gasteiger partial charge in [0.05, 0.1) is 0 Å². The van der Waals surface area contributed by atoms with Crippen molar-refractivity contribution in [3.05, 3.63) is 89.0 Å². The predicted octanol–water partition coefficient (Wildman–Crippen LogP) is 5.63. The summed E-state index contributed by atoms with van der Waals surface area (Å²) in [7, 11) is 4.18. The quantitative estimate of drug-likeness (QED) is 0.464. The van der Waals surface area contributed by atoms with Gasteiger partial charge in [0.25, 0.3) is 0 Å². The second-order valence-electron chi connectivity index (χ2n) is 6.64. The highest BCUT2D eigenvalue weighted by molar-refractivity contribution is 6.07. The zero-order valence-corrected chi connectivity index (χ0v) is 14.4. The van der Waals surface area contributed by atoms with Gasteiger partial charge in [0.15, 0.2) is 0 Å². The first kappa shape index (κ1) is 14.8. The Labute approximate surface area is 143 Å². The molecule has 1 nitrogen and oxygen atoms in total. The van der Waals surface area contributed by atoms with Gasteiger partial charge >= 0.3 is 0 Å². The van der Waals surface area contributed by atoms with Crippen LogP contribution in [0.5, 0.6) is 0 Å². The number of nitrogens with zero attached hydrogens (tertiary/aromatic N) is 1. The average Bonchev–Trinajstić information content (AvgIpc) is 2.90. The van der Waals surface area contributed by atoms with Crippen molar-refractivity contribution in [2.45, 2.75) is 6.92 Å². The molecule has 118 valence electrons. The number of benzene rings is 3. The van der Waals surface area contributed by atoms with Crippen molar-refractivity contribution in [3.63, 3.8) is 0 Å². The molecule has 0 heterocycles. The third-order valence-electron chi connectivity index (χ3n) is 4.71. The standard InChI is InChI=1S/C23H21N/c1-16-8-10-17(11-9-16)14-22-20-7-5-4-6-19(20)21-13-12-18(24(2)3)15-23(21)22/h4-15H,1-3H3/b22-14+. The third-order valence-corrected chi connectivity index (χ3v) is 4.71. The summed E-state index contributed by atoms with van der Waals surface area (Å²) >= 11 is 0. The highest BCUT2D eigenvalue weighted by atomic mass is 15.1. The maximum Gasteiger partial charge on any atom is 0.0367 e. The molecule has 3 aromatic carbocycles. The smallest absolute Gasteiger partial charge is 0.0367 e. The normalized spacial score (nSPS) is 13.7. The van der Waals surface area contributed by atoms with Crippen LogP contribution in [0.15, 0.2) is 66.7 Å². The van der Waals surface area contributed by atoms with Crippen LogP contribution in [0.1, 0.15) is 22.3 Å². The van der Waals surface area contributed by atoms with Crippen LogP contribution >= 0.6 is 0 Å². The number of anilines is 1. The minimum absolute atomic E-state index is 1.23. The Hall–Kier alpha value is -2.80. The van der Waals surface area contributed by atoms with Gasteiger partial charge in [-0.05, 0) is 58.5 Å². The van der Waals surface area contributed by atoms with Crippen molar-refractivity contribution in [1.82, 2.24) is 0 Å². The zero-order valence-electron chi connectivity index (χ0n) is 14.4. The van der Waals surface area contributed by atoms with Gasteiger partial charge in [0.2, 0.25) is 0 Å². The summed E-state index contributed by atoms with van der Waals surface area (Å²) in [6, 6.07) is 24.2. The molecule has 1 heteroatoms. The van der Waals surface area contributed by atoms with Crippen LogP contribution < -0.4 is 4.90 Å². The Morgan fingerprint density at radius 2 is 1.38 bits per heavy atom. The summed E-state index contributed by atoms with van der Waals surface area (Å²) in [6.45, 7) is 2.13. The van der Waals surface area contributed by atoms with E-state index in [1.807, 2.05) is 0 Å². The van der Waals surface area contributed by atoms with Gasteiger partial charge in [0, 0.05) is 19.8 Å². The molecule has 0 radical (unpaired) electrons. The molecule has 0 aromatic heterocycles. The van der Waals surface area contributed by atoms with Crippen LogP contribution in [0.2, 0.25) is 0 Å². The molecule has 4 rings (SSSR count). The van der Waals surface area contributed by atoms with Gasteiger partial charge in [-0.25, -0.2) is 0 Å². The molecular weight excluding hydrogens is 290 g/mol. The number of hydrogen-bond acceptors (Lipinski definition) is 1. The lowest BCUT2D eigenvalue weighted by Crippen LogP contribution is -2.08. The molecule has 0 spiro atoms. The second-order valence-corrected chi connectivity index (χ2v) is 6.64. The Kier molecular flexibility index (Phi) is 3.50. The van der Waals surface area contributed by atoms with E-state index in [1.165, 1.54) is 44.6 Å². The highest BCUT2D eigenvalue weighted by Crippen LogP contribution is 2.46. The molecule has 0 aliphatic heterocycles. The second kappa shape index (κ2) is 5.68. The summed E-state index contributed by atoms with van der Waals surface area (Å²) in [4.78, 5) is 2.16. The fraction of sp³-hybridized carbons (Fsp3) is 0.130. The molecule has 1 aliphatic rings. The van der Waals surface area contributed by atoms with Crippen molar-refractivity contribution in [2.75, 3.05) is 19.0 Å². The van der Waals surface area contributed by atoms with Gasteiger partial charge in [0.1, 0.15) is 0 Å². The molecule has 0 unspecified atom stereocenters. The van der Waals surface area contributed by atoms with E-state index in [2.05, 4.69) is 98.7 Å². The summed E-state index contributed by atoms with van der Waals surface area (Å²) < 4.78 is 0. The van der Waals surface area contributed by atoms with E-state index >= 15 is 0 Å². The van der Waals surface area contributed by atoms with Gasteiger partial charge in [-0.1, -0.05) is 60.2 Å². The minimum atomic E-state index is 1.23. The van der Waals surface area contributed by atoms with E-state index in [-0.39, 0.29) is 0 Å². The van der Waals surface area contributed by atoms with Crippen molar-refractivity contribution in [3.8, 4) is 11.1 Å². The predicted molar refractivity (Wildman–Crippen MR) is 104 cm³/mol. The topological polar surface area (TPSA) is 3.24 Å². The molecule has 0 atom stereocenters. The number of aryl methyl sites for hydroxylation is 1. The number of fused-ring (bicyclic) bond motifs is 3. The first-order valence-corrected chi connectivity index (χ1v) is 8.33. The molecule has 0 saturated heterocycles. The monoisotopic (exact) mass is 311 g/mol. The Morgan fingerprint density at radius 1 is 0.708 bits per heavy atom. The van der Waals surface area contributed by atoms with Crippen LogP contribution in [0.25, 0.3) is 22.8 Å². The molecule has 3 aromatic rings. The number of rotatable bonds is 2. The molecule has 0 fully saturated rings. The van der Waals surface area contributed by atoms with Crippen LogP contribution in [0.4, 0.5) is 5.69 Å². The van der Waals surface area contributed by atoms with E-state index in [9.17, 15) is 0 Å². The van der Waals surface area contributed by atoms with E-state index < -0.39 is 0 Å².